The molecule has 0 aromatic rings. The zero-order valence-electron chi connectivity index (χ0n) is 10.4. The van der Waals surface area contributed by atoms with Crippen molar-refractivity contribution in [1.82, 2.24) is 4.90 Å². The third-order valence-corrected chi connectivity index (χ3v) is 3.79. The minimum atomic E-state index is 0.584. The van der Waals surface area contributed by atoms with Crippen LogP contribution in [0.2, 0.25) is 0 Å². The summed E-state index contributed by atoms with van der Waals surface area (Å²) in [4.78, 5) is 2.30. The Bertz CT molecular complexity index is 216. The van der Waals surface area contributed by atoms with E-state index in [1.807, 2.05) is 0 Å². The summed E-state index contributed by atoms with van der Waals surface area (Å²) >= 11 is 7.04. The molecule has 4 heteroatoms. The molecule has 0 amide bonds. The second kappa shape index (κ2) is 11.2. The highest BCUT2D eigenvalue weighted by atomic mass is 32.2. The average molecular weight is 258 g/mol. The van der Waals surface area contributed by atoms with Crippen molar-refractivity contribution in [2.75, 3.05) is 18.8 Å². The van der Waals surface area contributed by atoms with Gasteiger partial charge in [0.15, 0.2) is 0 Å². The molecule has 0 rings (SSSR count). The van der Waals surface area contributed by atoms with E-state index in [1.54, 1.807) is 11.8 Å². The zero-order valence-corrected chi connectivity index (χ0v) is 12.0. The molecule has 0 fully saturated rings. The molecule has 0 atom stereocenters. The van der Waals surface area contributed by atoms with Crippen LogP contribution in [0.4, 0.5) is 0 Å². The quantitative estimate of drug-likeness (QED) is 0.488. The summed E-state index contributed by atoms with van der Waals surface area (Å²) in [5.74, 6) is 0.823. The normalized spacial score (nSPS) is 9.81. The van der Waals surface area contributed by atoms with E-state index >= 15 is 0 Å². The molecule has 0 aliphatic carbocycles. The van der Waals surface area contributed by atoms with Crippen molar-refractivity contribution in [2.45, 2.75) is 46.0 Å². The Morgan fingerprint density at radius 3 is 2.25 bits per heavy atom. The Labute approximate surface area is 109 Å². The summed E-state index contributed by atoms with van der Waals surface area (Å²) in [6.07, 6.45) is 5.38. The van der Waals surface area contributed by atoms with E-state index in [4.69, 9.17) is 17.5 Å². The number of rotatable bonds is 8. The summed E-state index contributed by atoms with van der Waals surface area (Å²) in [6, 6.07) is 2.15. The van der Waals surface area contributed by atoms with Crippen LogP contribution in [-0.2, 0) is 0 Å². The van der Waals surface area contributed by atoms with E-state index in [0.717, 1.165) is 23.2 Å². The van der Waals surface area contributed by atoms with Crippen molar-refractivity contribution in [3.63, 3.8) is 0 Å². The highest BCUT2D eigenvalue weighted by Gasteiger charge is 2.08. The SMILES string of the molecule is CCCCN(CCCC)C(=S)SCCC#N. The maximum Gasteiger partial charge on any atom is 0.136 e. The molecule has 0 heterocycles. The highest BCUT2D eigenvalue weighted by molar-refractivity contribution is 8.22. The van der Waals surface area contributed by atoms with Crippen LogP contribution >= 0.6 is 24.0 Å². The molecular weight excluding hydrogens is 236 g/mol. The van der Waals surface area contributed by atoms with Crippen LogP contribution in [0, 0.1) is 11.3 Å². The van der Waals surface area contributed by atoms with Gasteiger partial charge in [0.25, 0.3) is 0 Å². The van der Waals surface area contributed by atoms with Gasteiger partial charge < -0.3 is 4.90 Å². The monoisotopic (exact) mass is 258 g/mol. The van der Waals surface area contributed by atoms with Crippen molar-refractivity contribution in [1.29, 1.82) is 5.26 Å². The van der Waals surface area contributed by atoms with Gasteiger partial charge in [-0.05, 0) is 12.8 Å². The number of thioether (sulfide) groups is 1. The van der Waals surface area contributed by atoms with E-state index in [9.17, 15) is 0 Å². The molecule has 16 heavy (non-hydrogen) atoms. The van der Waals surface area contributed by atoms with Gasteiger partial charge in [0, 0.05) is 25.3 Å². The minimum Gasteiger partial charge on any atom is -0.358 e. The molecule has 0 spiro atoms. The molecule has 0 saturated carbocycles. The van der Waals surface area contributed by atoms with Gasteiger partial charge in [-0.2, -0.15) is 5.26 Å². The van der Waals surface area contributed by atoms with Gasteiger partial charge in [0.1, 0.15) is 4.32 Å². The van der Waals surface area contributed by atoms with Crippen LogP contribution in [-0.4, -0.2) is 28.1 Å². The fraction of sp³-hybridized carbons (Fsp3) is 0.833. The molecule has 92 valence electrons. The van der Waals surface area contributed by atoms with Gasteiger partial charge in [-0.1, -0.05) is 50.7 Å². The van der Waals surface area contributed by atoms with Gasteiger partial charge in [-0.25, -0.2) is 0 Å². The van der Waals surface area contributed by atoms with Gasteiger partial charge in [-0.15, -0.1) is 0 Å². The zero-order chi connectivity index (χ0) is 12.2. The van der Waals surface area contributed by atoms with Crippen molar-refractivity contribution < 1.29 is 0 Å². The van der Waals surface area contributed by atoms with Gasteiger partial charge in [0.05, 0.1) is 6.07 Å². The van der Waals surface area contributed by atoms with E-state index in [-0.39, 0.29) is 0 Å². The van der Waals surface area contributed by atoms with Crippen LogP contribution in [0.25, 0.3) is 0 Å². The van der Waals surface area contributed by atoms with Crippen LogP contribution in [0.3, 0.4) is 0 Å². The van der Waals surface area contributed by atoms with E-state index in [1.165, 1.54) is 25.7 Å². The lowest BCUT2D eigenvalue weighted by molar-refractivity contribution is 0.410. The molecule has 0 radical (unpaired) electrons. The largest absolute Gasteiger partial charge is 0.358 e. The summed E-state index contributed by atoms with van der Waals surface area (Å²) in [5.41, 5.74) is 0. The van der Waals surface area contributed by atoms with Crippen LogP contribution in [0.15, 0.2) is 0 Å². The van der Waals surface area contributed by atoms with Crippen molar-refractivity contribution >= 4 is 28.3 Å². The smallest absolute Gasteiger partial charge is 0.136 e. The van der Waals surface area contributed by atoms with E-state index in [2.05, 4.69) is 24.8 Å². The number of thiocarbonyl (C=S) groups is 1. The maximum absolute atomic E-state index is 8.48. The van der Waals surface area contributed by atoms with Gasteiger partial charge in [-0.3, -0.25) is 0 Å². The summed E-state index contributed by atoms with van der Waals surface area (Å²) in [6.45, 7) is 6.53. The fourth-order valence-electron chi connectivity index (χ4n) is 1.27. The molecule has 0 unspecified atom stereocenters. The van der Waals surface area contributed by atoms with Crippen molar-refractivity contribution in [3.05, 3.63) is 0 Å². The Hall–Kier alpha value is -0.270. The highest BCUT2D eigenvalue weighted by Crippen LogP contribution is 2.12. The molecule has 0 aromatic heterocycles. The second-order valence-corrected chi connectivity index (χ2v) is 5.45. The summed E-state index contributed by atoms with van der Waals surface area (Å²) < 4.78 is 0.970. The first-order valence-electron chi connectivity index (χ1n) is 6.04. The first-order chi connectivity index (χ1) is 7.76. The molecule has 0 saturated heterocycles. The molecule has 0 N–H and O–H groups in total. The molecule has 0 bridgehead atoms. The number of unbranched alkanes of at least 4 members (excludes halogenated alkanes) is 2. The lowest BCUT2D eigenvalue weighted by Crippen LogP contribution is -2.29. The van der Waals surface area contributed by atoms with E-state index < -0.39 is 0 Å². The standard InChI is InChI=1S/C12H22N2S2/c1-3-5-9-14(10-6-4-2)12(15)16-11-7-8-13/h3-7,9-11H2,1-2H3. The molecule has 0 aliphatic heterocycles. The summed E-state index contributed by atoms with van der Waals surface area (Å²) in [5, 5.41) is 8.48. The Morgan fingerprint density at radius 1 is 1.25 bits per heavy atom. The van der Waals surface area contributed by atoms with Crippen LogP contribution in [0.1, 0.15) is 46.0 Å². The summed E-state index contributed by atoms with van der Waals surface area (Å²) in [7, 11) is 0. The van der Waals surface area contributed by atoms with Crippen molar-refractivity contribution in [3.8, 4) is 6.07 Å². The Morgan fingerprint density at radius 2 is 1.81 bits per heavy atom. The third-order valence-electron chi connectivity index (χ3n) is 2.26. The Balaban J connectivity index is 3.94. The first kappa shape index (κ1) is 15.7. The first-order valence-corrected chi connectivity index (χ1v) is 7.44. The van der Waals surface area contributed by atoms with Crippen LogP contribution in [0.5, 0.6) is 0 Å². The number of hydrogen-bond acceptors (Lipinski definition) is 3. The predicted octanol–water partition coefficient (Wildman–Crippen LogP) is 3.82. The van der Waals surface area contributed by atoms with Crippen molar-refractivity contribution in [2.24, 2.45) is 0 Å². The number of nitrogens with zero attached hydrogens (tertiary/aromatic N) is 2. The van der Waals surface area contributed by atoms with Gasteiger partial charge in [0.2, 0.25) is 0 Å². The molecule has 0 aliphatic rings. The molecule has 2 nitrogen and oxygen atoms in total. The maximum atomic E-state index is 8.48. The lowest BCUT2D eigenvalue weighted by Gasteiger charge is -2.24. The molecular formula is C12H22N2S2. The Kier molecular flexibility index (Phi) is 11.0. The number of nitriles is 1. The number of hydrogen-bond donors (Lipinski definition) is 0. The third kappa shape index (κ3) is 7.95. The topological polar surface area (TPSA) is 27.0 Å². The van der Waals surface area contributed by atoms with Gasteiger partial charge >= 0.3 is 0 Å². The average Bonchev–Trinajstić information content (AvgIpc) is 2.29. The molecule has 0 aromatic carbocycles. The minimum absolute atomic E-state index is 0.584. The predicted molar refractivity (Wildman–Crippen MR) is 76.7 cm³/mol. The fourth-order valence-corrected chi connectivity index (χ4v) is 2.43. The second-order valence-electron chi connectivity index (χ2n) is 3.72. The van der Waals surface area contributed by atoms with Crippen LogP contribution < -0.4 is 0 Å². The lowest BCUT2D eigenvalue weighted by atomic mass is 10.3. The van der Waals surface area contributed by atoms with E-state index in [0.29, 0.717) is 6.42 Å².